The number of nitrogens with zero attached hydrogens (tertiary/aromatic N) is 3. The van der Waals surface area contributed by atoms with Crippen molar-refractivity contribution in [1.29, 1.82) is 5.26 Å². The van der Waals surface area contributed by atoms with E-state index in [0.717, 1.165) is 24.8 Å². The summed E-state index contributed by atoms with van der Waals surface area (Å²) in [5.41, 5.74) is 1.06. The molecule has 0 N–H and O–H groups in total. The minimum absolute atomic E-state index is 0.373. The van der Waals surface area contributed by atoms with Crippen molar-refractivity contribution >= 4 is 5.82 Å². The van der Waals surface area contributed by atoms with E-state index >= 15 is 0 Å². The van der Waals surface area contributed by atoms with E-state index in [4.69, 9.17) is 0 Å². The first-order chi connectivity index (χ1) is 9.02. The summed E-state index contributed by atoms with van der Waals surface area (Å²) >= 11 is 0. The number of pyridine rings is 1. The van der Waals surface area contributed by atoms with Crippen LogP contribution in [0.3, 0.4) is 0 Å². The first kappa shape index (κ1) is 13.9. The van der Waals surface area contributed by atoms with Crippen molar-refractivity contribution in [2.24, 2.45) is 11.3 Å². The molecule has 0 saturated carbocycles. The van der Waals surface area contributed by atoms with Gasteiger partial charge in [-0.1, -0.05) is 20.8 Å². The molecule has 1 atom stereocenters. The normalized spacial score (nSPS) is 20.7. The molecular weight excluding hydrogens is 234 g/mol. The summed E-state index contributed by atoms with van der Waals surface area (Å²) in [4.78, 5) is 6.69. The zero-order valence-corrected chi connectivity index (χ0v) is 12.2. The fraction of sp³-hybridized carbons (Fsp3) is 0.625. The van der Waals surface area contributed by atoms with E-state index in [0.29, 0.717) is 11.0 Å². The molecule has 3 nitrogen and oxygen atoms in total. The van der Waals surface area contributed by atoms with Gasteiger partial charge in [-0.15, -0.1) is 0 Å². The van der Waals surface area contributed by atoms with E-state index in [1.165, 1.54) is 19.3 Å². The van der Waals surface area contributed by atoms with E-state index in [9.17, 15) is 5.26 Å². The van der Waals surface area contributed by atoms with Gasteiger partial charge in [0.25, 0.3) is 0 Å². The maximum Gasteiger partial charge on any atom is 0.146 e. The summed E-state index contributed by atoms with van der Waals surface area (Å²) in [5.74, 6) is 1.62. The molecule has 19 heavy (non-hydrogen) atoms. The van der Waals surface area contributed by atoms with Crippen LogP contribution in [0.2, 0.25) is 0 Å². The predicted octanol–water partition coefficient (Wildman–Crippen LogP) is 3.61. The lowest BCUT2D eigenvalue weighted by Crippen LogP contribution is -2.27. The Bertz CT molecular complexity index is 468. The molecule has 0 amide bonds. The number of anilines is 1. The second-order valence-electron chi connectivity index (χ2n) is 6.47. The molecule has 2 heterocycles. The first-order valence-corrected chi connectivity index (χ1v) is 7.12. The summed E-state index contributed by atoms with van der Waals surface area (Å²) in [5, 5.41) is 9.18. The van der Waals surface area contributed by atoms with Gasteiger partial charge in [0, 0.05) is 19.3 Å². The van der Waals surface area contributed by atoms with E-state index < -0.39 is 0 Å². The molecule has 1 aromatic heterocycles. The number of hydrogen-bond donors (Lipinski definition) is 0. The van der Waals surface area contributed by atoms with Crippen molar-refractivity contribution in [3.63, 3.8) is 0 Å². The zero-order chi connectivity index (χ0) is 13.9. The molecule has 0 radical (unpaired) electrons. The molecule has 1 unspecified atom stereocenters. The van der Waals surface area contributed by atoms with Crippen LogP contribution in [0, 0.1) is 22.7 Å². The van der Waals surface area contributed by atoms with Crippen molar-refractivity contribution in [1.82, 2.24) is 4.98 Å². The molecule has 1 aliphatic rings. The van der Waals surface area contributed by atoms with Gasteiger partial charge >= 0.3 is 0 Å². The third-order valence-corrected chi connectivity index (χ3v) is 4.16. The second kappa shape index (κ2) is 5.61. The smallest absolute Gasteiger partial charge is 0.146 e. The van der Waals surface area contributed by atoms with Gasteiger partial charge in [0.05, 0.1) is 5.56 Å². The zero-order valence-electron chi connectivity index (χ0n) is 12.2. The minimum Gasteiger partial charge on any atom is -0.356 e. The summed E-state index contributed by atoms with van der Waals surface area (Å²) in [6.45, 7) is 9.00. The van der Waals surface area contributed by atoms with Crippen LogP contribution in [0.25, 0.3) is 0 Å². The van der Waals surface area contributed by atoms with Gasteiger partial charge in [-0.3, -0.25) is 0 Å². The van der Waals surface area contributed by atoms with Crippen LogP contribution in [-0.2, 0) is 0 Å². The van der Waals surface area contributed by atoms with Crippen LogP contribution >= 0.6 is 0 Å². The number of hydrogen-bond acceptors (Lipinski definition) is 3. The van der Waals surface area contributed by atoms with Gasteiger partial charge in [-0.2, -0.15) is 5.26 Å². The lowest BCUT2D eigenvalue weighted by atomic mass is 9.77. The standard InChI is InChI=1S/C16H23N3/c1-16(2,3)14-7-5-10-19(11-8-14)15-13(12-17)6-4-9-18-15/h4,6,9,14H,5,7-8,10-11H2,1-3H3. The maximum absolute atomic E-state index is 9.18. The van der Waals surface area contributed by atoms with Gasteiger partial charge in [-0.05, 0) is 42.7 Å². The topological polar surface area (TPSA) is 39.9 Å². The third-order valence-electron chi connectivity index (χ3n) is 4.16. The Hall–Kier alpha value is -1.56. The molecule has 1 aromatic rings. The molecule has 0 aliphatic carbocycles. The average Bonchev–Trinajstić information content (AvgIpc) is 2.64. The second-order valence-corrected chi connectivity index (χ2v) is 6.47. The Balaban J connectivity index is 2.14. The lowest BCUT2D eigenvalue weighted by Gasteiger charge is -2.30. The number of aromatic nitrogens is 1. The van der Waals surface area contributed by atoms with Crippen molar-refractivity contribution in [3.05, 3.63) is 23.9 Å². The Morgan fingerprint density at radius 3 is 2.79 bits per heavy atom. The maximum atomic E-state index is 9.18. The summed E-state index contributed by atoms with van der Waals surface area (Å²) < 4.78 is 0. The largest absolute Gasteiger partial charge is 0.356 e. The Morgan fingerprint density at radius 1 is 1.32 bits per heavy atom. The molecular formula is C16H23N3. The molecule has 1 saturated heterocycles. The Labute approximate surface area is 116 Å². The van der Waals surface area contributed by atoms with E-state index in [1.54, 1.807) is 6.20 Å². The van der Waals surface area contributed by atoms with Gasteiger partial charge in [0.15, 0.2) is 0 Å². The van der Waals surface area contributed by atoms with Gasteiger partial charge in [0.1, 0.15) is 11.9 Å². The summed E-state index contributed by atoms with van der Waals surface area (Å²) in [6, 6.07) is 5.94. The molecule has 102 valence electrons. The van der Waals surface area contributed by atoms with Crippen molar-refractivity contribution in [2.75, 3.05) is 18.0 Å². The van der Waals surface area contributed by atoms with Gasteiger partial charge < -0.3 is 4.90 Å². The molecule has 1 aliphatic heterocycles. The van der Waals surface area contributed by atoms with Crippen molar-refractivity contribution in [3.8, 4) is 6.07 Å². The number of nitriles is 1. The van der Waals surface area contributed by atoms with Crippen LogP contribution in [0.5, 0.6) is 0 Å². The van der Waals surface area contributed by atoms with Crippen LogP contribution in [0.4, 0.5) is 5.82 Å². The summed E-state index contributed by atoms with van der Waals surface area (Å²) in [6.07, 6.45) is 5.42. The number of rotatable bonds is 1. The highest BCUT2D eigenvalue weighted by molar-refractivity contribution is 5.53. The van der Waals surface area contributed by atoms with Crippen LogP contribution in [-0.4, -0.2) is 18.1 Å². The molecule has 3 heteroatoms. The van der Waals surface area contributed by atoms with Crippen molar-refractivity contribution in [2.45, 2.75) is 40.0 Å². The predicted molar refractivity (Wildman–Crippen MR) is 78.0 cm³/mol. The highest BCUT2D eigenvalue weighted by Crippen LogP contribution is 2.35. The minimum atomic E-state index is 0.373. The highest BCUT2D eigenvalue weighted by Gasteiger charge is 2.27. The first-order valence-electron chi connectivity index (χ1n) is 7.12. The van der Waals surface area contributed by atoms with Crippen LogP contribution in [0.1, 0.15) is 45.6 Å². The fourth-order valence-corrected chi connectivity index (χ4v) is 2.91. The van der Waals surface area contributed by atoms with Gasteiger partial charge in [0.2, 0.25) is 0 Å². The SMILES string of the molecule is CC(C)(C)C1CCCN(c2ncccc2C#N)CC1. The quantitative estimate of drug-likeness (QED) is 0.771. The van der Waals surface area contributed by atoms with E-state index in [-0.39, 0.29) is 0 Å². The Morgan fingerprint density at radius 2 is 2.11 bits per heavy atom. The molecule has 0 aromatic carbocycles. The Kier molecular flexibility index (Phi) is 4.09. The third kappa shape index (κ3) is 3.26. The molecule has 2 rings (SSSR count). The molecule has 0 spiro atoms. The van der Waals surface area contributed by atoms with Gasteiger partial charge in [-0.25, -0.2) is 4.98 Å². The lowest BCUT2D eigenvalue weighted by molar-refractivity contribution is 0.220. The van der Waals surface area contributed by atoms with Crippen molar-refractivity contribution < 1.29 is 0 Å². The average molecular weight is 257 g/mol. The van der Waals surface area contributed by atoms with E-state index in [1.807, 2.05) is 12.1 Å². The molecule has 0 bridgehead atoms. The monoisotopic (exact) mass is 257 g/mol. The highest BCUT2D eigenvalue weighted by atomic mass is 15.2. The van der Waals surface area contributed by atoms with E-state index in [2.05, 4.69) is 36.7 Å². The summed E-state index contributed by atoms with van der Waals surface area (Å²) in [7, 11) is 0. The van der Waals surface area contributed by atoms with Crippen LogP contribution in [0.15, 0.2) is 18.3 Å². The van der Waals surface area contributed by atoms with Crippen LogP contribution < -0.4 is 4.90 Å². The molecule has 1 fully saturated rings. The fourth-order valence-electron chi connectivity index (χ4n) is 2.91.